The Morgan fingerprint density at radius 1 is 0.727 bits per heavy atom. The quantitative estimate of drug-likeness (QED) is 0.519. The van der Waals surface area contributed by atoms with Gasteiger partial charge in [0, 0.05) is 35.9 Å². The molecule has 33 heavy (non-hydrogen) atoms. The van der Waals surface area contributed by atoms with E-state index in [4.69, 9.17) is 14.2 Å². The van der Waals surface area contributed by atoms with Crippen molar-refractivity contribution in [1.29, 1.82) is 0 Å². The van der Waals surface area contributed by atoms with E-state index in [9.17, 15) is 0 Å². The van der Waals surface area contributed by atoms with Crippen molar-refractivity contribution < 1.29 is 14.2 Å². The highest BCUT2D eigenvalue weighted by Crippen LogP contribution is 2.31. The summed E-state index contributed by atoms with van der Waals surface area (Å²) < 4.78 is 18.0. The maximum absolute atomic E-state index is 6.09. The second kappa shape index (κ2) is 8.68. The Hall–Kier alpha value is -3.70. The fraction of sp³-hybridized carbons (Fsp3) is 0.214. The Bertz CT molecular complexity index is 1170. The van der Waals surface area contributed by atoms with Crippen LogP contribution in [0.2, 0.25) is 0 Å². The van der Waals surface area contributed by atoms with Crippen LogP contribution in [0.5, 0.6) is 17.2 Å². The van der Waals surface area contributed by atoms with E-state index in [1.807, 2.05) is 42.5 Å². The number of hydrogen-bond donors (Lipinski definition) is 0. The first-order valence-corrected chi connectivity index (χ1v) is 11.4. The Morgan fingerprint density at radius 2 is 1.42 bits per heavy atom. The minimum absolute atomic E-state index is 0.197. The molecular formula is C28H26N2O3. The summed E-state index contributed by atoms with van der Waals surface area (Å²) in [6.45, 7) is 2.95. The number of ether oxygens (including phenoxy) is 3. The third kappa shape index (κ3) is 4.20. The monoisotopic (exact) mass is 438 g/mol. The number of hydrogen-bond acceptors (Lipinski definition) is 5. The molecular weight excluding hydrogens is 412 g/mol. The Labute approximate surface area is 194 Å². The van der Waals surface area contributed by atoms with E-state index in [0.29, 0.717) is 19.4 Å². The van der Waals surface area contributed by atoms with E-state index in [1.165, 1.54) is 5.56 Å². The smallest absolute Gasteiger partial charge is 0.161 e. The standard InChI is InChI=1S/C28H26N2O3/c1-3-7-27-21(5-1)17-29(19-31-27)23-9-13-25(14-10-23)33-26-15-11-24(12-16-26)30-18-22-6-2-4-8-28(22)32-20-30/h1-16,21,27H,17-20H2. The zero-order valence-corrected chi connectivity index (χ0v) is 18.3. The average molecular weight is 439 g/mol. The number of benzene rings is 3. The lowest BCUT2D eigenvalue weighted by molar-refractivity contribution is 0.0300. The third-order valence-corrected chi connectivity index (χ3v) is 6.40. The Kier molecular flexibility index (Phi) is 5.25. The van der Waals surface area contributed by atoms with Gasteiger partial charge in [0.2, 0.25) is 0 Å². The van der Waals surface area contributed by atoms with E-state index in [1.54, 1.807) is 0 Å². The molecule has 5 heteroatoms. The zero-order valence-electron chi connectivity index (χ0n) is 18.3. The van der Waals surface area contributed by atoms with Gasteiger partial charge in [-0.15, -0.1) is 0 Å². The summed E-state index contributed by atoms with van der Waals surface area (Å²) in [4.78, 5) is 4.48. The van der Waals surface area contributed by atoms with Gasteiger partial charge < -0.3 is 24.0 Å². The van der Waals surface area contributed by atoms with Crippen LogP contribution in [0.1, 0.15) is 5.56 Å². The van der Waals surface area contributed by atoms with Gasteiger partial charge in [-0.2, -0.15) is 0 Å². The minimum Gasteiger partial charge on any atom is -0.473 e. The van der Waals surface area contributed by atoms with Crippen molar-refractivity contribution in [3.05, 3.63) is 103 Å². The lowest BCUT2D eigenvalue weighted by atomic mass is 9.95. The van der Waals surface area contributed by atoms with Crippen LogP contribution in [-0.2, 0) is 11.3 Å². The summed E-state index contributed by atoms with van der Waals surface area (Å²) in [6, 6.07) is 24.6. The summed E-state index contributed by atoms with van der Waals surface area (Å²) in [5.74, 6) is 3.00. The van der Waals surface area contributed by atoms with Crippen LogP contribution in [-0.4, -0.2) is 26.1 Å². The van der Waals surface area contributed by atoms with Crippen molar-refractivity contribution in [2.24, 2.45) is 5.92 Å². The molecule has 2 aliphatic heterocycles. The van der Waals surface area contributed by atoms with Crippen molar-refractivity contribution in [3.63, 3.8) is 0 Å². The van der Waals surface area contributed by atoms with E-state index < -0.39 is 0 Å². The van der Waals surface area contributed by atoms with Gasteiger partial charge in [0.25, 0.3) is 0 Å². The Morgan fingerprint density at radius 3 is 2.21 bits per heavy atom. The van der Waals surface area contributed by atoms with Crippen LogP contribution in [0.15, 0.2) is 97.1 Å². The SMILES string of the molecule is C1=CC2CN(c3ccc(Oc4ccc(N5COc6ccccc6C5)cc4)cc3)COC2C=C1. The Balaban J connectivity index is 1.08. The molecule has 0 bridgehead atoms. The van der Waals surface area contributed by atoms with Crippen molar-refractivity contribution in [2.75, 3.05) is 29.8 Å². The molecule has 0 aromatic heterocycles. The van der Waals surface area contributed by atoms with Gasteiger partial charge in [0.1, 0.15) is 24.0 Å². The number of rotatable bonds is 4. The predicted molar refractivity (Wildman–Crippen MR) is 130 cm³/mol. The largest absolute Gasteiger partial charge is 0.473 e. The molecule has 1 aliphatic carbocycles. The molecule has 2 heterocycles. The molecule has 0 spiro atoms. The highest BCUT2D eigenvalue weighted by Gasteiger charge is 2.27. The van der Waals surface area contributed by atoms with Gasteiger partial charge in [-0.1, -0.05) is 42.5 Å². The summed E-state index contributed by atoms with van der Waals surface area (Å²) in [6.07, 6.45) is 8.74. The maximum atomic E-state index is 6.09. The molecule has 2 unspecified atom stereocenters. The van der Waals surface area contributed by atoms with Gasteiger partial charge >= 0.3 is 0 Å². The molecule has 6 rings (SSSR count). The zero-order chi connectivity index (χ0) is 22.0. The van der Waals surface area contributed by atoms with Crippen LogP contribution in [0.3, 0.4) is 0 Å². The number of allylic oxidation sites excluding steroid dienone is 2. The minimum atomic E-state index is 0.197. The summed E-state index contributed by atoms with van der Waals surface area (Å²) in [5, 5.41) is 0. The summed E-state index contributed by atoms with van der Waals surface area (Å²) >= 11 is 0. The van der Waals surface area contributed by atoms with E-state index >= 15 is 0 Å². The highest BCUT2D eigenvalue weighted by atomic mass is 16.5. The molecule has 3 aromatic rings. The first-order valence-electron chi connectivity index (χ1n) is 11.4. The van der Waals surface area contributed by atoms with Gasteiger partial charge in [-0.3, -0.25) is 0 Å². The van der Waals surface area contributed by atoms with Gasteiger partial charge in [0.05, 0.1) is 6.10 Å². The number of para-hydroxylation sites is 1. The maximum Gasteiger partial charge on any atom is 0.161 e. The van der Waals surface area contributed by atoms with E-state index in [2.05, 4.69) is 64.4 Å². The normalized spacial score (nSPS) is 21.2. The van der Waals surface area contributed by atoms with Crippen molar-refractivity contribution in [3.8, 4) is 17.2 Å². The molecule has 2 atom stereocenters. The molecule has 3 aromatic carbocycles. The average Bonchev–Trinajstić information content (AvgIpc) is 2.89. The van der Waals surface area contributed by atoms with Crippen molar-refractivity contribution in [2.45, 2.75) is 12.6 Å². The topological polar surface area (TPSA) is 34.2 Å². The molecule has 0 amide bonds. The second-order valence-corrected chi connectivity index (χ2v) is 8.59. The molecule has 1 fully saturated rings. The first-order chi connectivity index (χ1) is 16.3. The molecule has 5 nitrogen and oxygen atoms in total. The molecule has 1 saturated heterocycles. The summed E-state index contributed by atoms with van der Waals surface area (Å²) in [7, 11) is 0. The number of anilines is 2. The van der Waals surface area contributed by atoms with Crippen LogP contribution in [0, 0.1) is 5.92 Å². The van der Waals surface area contributed by atoms with E-state index in [-0.39, 0.29) is 6.10 Å². The van der Waals surface area contributed by atoms with Crippen LogP contribution < -0.4 is 19.3 Å². The van der Waals surface area contributed by atoms with Crippen LogP contribution in [0.4, 0.5) is 11.4 Å². The van der Waals surface area contributed by atoms with Crippen molar-refractivity contribution in [1.82, 2.24) is 0 Å². The van der Waals surface area contributed by atoms with Gasteiger partial charge in [-0.25, -0.2) is 0 Å². The number of fused-ring (bicyclic) bond motifs is 2. The third-order valence-electron chi connectivity index (χ3n) is 6.40. The lowest BCUT2D eigenvalue weighted by Gasteiger charge is -2.38. The van der Waals surface area contributed by atoms with E-state index in [0.717, 1.165) is 41.7 Å². The van der Waals surface area contributed by atoms with Crippen LogP contribution >= 0.6 is 0 Å². The fourth-order valence-corrected chi connectivity index (χ4v) is 4.57. The predicted octanol–water partition coefficient (Wildman–Crippen LogP) is 5.74. The molecule has 3 aliphatic rings. The fourth-order valence-electron chi connectivity index (χ4n) is 4.57. The van der Waals surface area contributed by atoms with Crippen LogP contribution in [0.25, 0.3) is 0 Å². The highest BCUT2D eigenvalue weighted by molar-refractivity contribution is 5.53. The lowest BCUT2D eigenvalue weighted by Crippen LogP contribution is -2.44. The summed E-state index contributed by atoms with van der Waals surface area (Å²) in [5.41, 5.74) is 3.46. The molecule has 0 N–H and O–H groups in total. The van der Waals surface area contributed by atoms with Gasteiger partial charge in [0.15, 0.2) is 6.73 Å². The first kappa shape index (κ1) is 19.9. The second-order valence-electron chi connectivity index (χ2n) is 8.59. The molecule has 166 valence electrons. The van der Waals surface area contributed by atoms with Gasteiger partial charge in [-0.05, 0) is 54.6 Å². The molecule has 0 radical (unpaired) electrons. The number of nitrogens with zero attached hydrogens (tertiary/aromatic N) is 2. The molecule has 0 saturated carbocycles. The van der Waals surface area contributed by atoms with Crippen molar-refractivity contribution >= 4 is 11.4 Å².